The molecule has 0 aliphatic rings. The van der Waals surface area contributed by atoms with Crippen LogP contribution >= 0.6 is 11.6 Å². The number of benzene rings is 1. The van der Waals surface area contributed by atoms with E-state index in [-0.39, 0.29) is 45.7 Å². The second-order valence-corrected chi connectivity index (χ2v) is 4.80. The topological polar surface area (TPSA) is 117 Å². The summed E-state index contributed by atoms with van der Waals surface area (Å²) in [7, 11) is -4.88. The molecule has 0 aliphatic heterocycles. The predicted octanol–water partition coefficient (Wildman–Crippen LogP) is -2.16. The SMILES string of the molecule is O=Cc1cc(C[N+](=O)[O-])c(S(=O)(=O)[O-])cc1Cl.[Na+]. The van der Waals surface area contributed by atoms with Gasteiger partial charge in [-0.15, -0.1) is 0 Å². The van der Waals surface area contributed by atoms with Gasteiger partial charge in [-0.3, -0.25) is 14.9 Å². The Morgan fingerprint density at radius 2 is 1.94 bits per heavy atom. The third-order valence-corrected chi connectivity index (χ3v) is 3.12. The van der Waals surface area contributed by atoms with Gasteiger partial charge in [0.15, 0.2) is 6.29 Å². The van der Waals surface area contributed by atoms with Crippen molar-refractivity contribution in [3.63, 3.8) is 0 Å². The van der Waals surface area contributed by atoms with Gasteiger partial charge in [0.25, 0.3) is 0 Å². The van der Waals surface area contributed by atoms with Crippen molar-refractivity contribution in [1.29, 1.82) is 0 Å². The van der Waals surface area contributed by atoms with Crippen LogP contribution in [0.3, 0.4) is 0 Å². The Balaban J connectivity index is 0.00000289. The molecule has 0 unspecified atom stereocenters. The summed E-state index contributed by atoms with van der Waals surface area (Å²) >= 11 is 5.54. The Morgan fingerprint density at radius 3 is 2.33 bits per heavy atom. The smallest absolute Gasteiger partial charge is 0.744 e. The Labute approximate surface area is 129 Å². The quantitative estimate of drug-likeness (QED) is 0.205. The largest absolute Gasteiger partial charge is 1.00 e. The van der Waals surface area contributed by atoms with Crippen molar-refractivity contribution in [3.8, 4) is 0 Å². The fraction of sp³-hybridized carbons (Fsp3) is 0.125. The Bertz CT molecular complexity index is 587. The molecule has 1 rings (SSSR count). The second-order valence-electron chi connectivity index (χ2n) is 3.04. The predicted molar refractivity (Wildman–Crippen MR) is 55.5 cm³/mol. The molecule has 0 radical (unpaired) electrons. The molecule has 0 saturated carbocycles. The second kappa shape index (κ2) is 6.60. The molecule has 0 spiro atoms. The third-order valence-electron chi connectivity index (χ3n) is 1.88. The summed E-state index contributed by atoms with van der Waals surface area (Å²) in [6.07, 6.45) is 0.312. The van der Waals surface area contributed by atoms with E-state index in [0.717, 1.165) is 12.1 Å². The molecule has 18 heavy (non-hydrogen) atoms. The van der Waals surface area contributed by atoms with Gasteiger partial charge in [-0.2, -0.15) is 0 Å². The molecular formula is C8H5ClNNaO6S. The molecule has 0 atom stereocenters. The van der Waals surface area contributed by atoms with Crippen molar-refractivity contribution < 1.29 is 52.2 Å². The van der Waals surface area contributed by atoms with E-state index < -0.39 is 26.5 Å². The minimum absolute atomic E-state index is 0. The fourth-order valence-electron chi connectivity index (χ4n) is 1.20. The van der Waals surface area contributed by atoms with Crippen LogP contribution in [0, 0.1) is 10.1 Å². The number of hydrogen-bond acceptors (Lipinski definition) is 6. The summed E-state index contributed by atoms with van der Waals surface area (Å²) in [5, 5.41) is 10.1. The van der Waals surface area contributed by atoms with Crippen LogP contribution in [0.5, 0.6) is 0 Å². The maximum Gasteiger partial charge on any atom is 1.00 e. The van der Waals surface area contributed by atoms with Crippen LogP contribution < -0.4 is 29.6 Å². The molecule has 92 valence electrons. The summed E-state index contributed by atoms with van der Waals surface area (Å²) in [5.41, 5.74) is -0.479. The molecule has 0 bridgehead atoms. The first-order valence-corrected chi connectivity index (χ1v) is 5.89. The van der Waals surface area contributed by atoms with E-state index in [1.807, 2.05) is 0 Å². The molecule has 0 aliphatic carbocycles. The van der Waals surface area contributed by atoms with Gasteiger partial charge in [-0.1, -0.05) is 11.6 Å². The van der Waals surface area contributed by atoms with E-state index in [1.165, 1.54) is 0 Å². The van der Waals surface area contributed by atoms with E-state index >= 15 is 0 Å². The molecule has 1 aromatic carbocycles. The van der Waals surface area contributed by atoms with Gasteiger partial charge in [-0.25, -0.2) is 8.42 Å². The molecule has 10 heteroatoms. The van der Waals surface area contributed by atoms with Crippen LogP contribution in [0.1, 0.15) is 15.9 Å². The normalized spacial score (nSPS) is 10.6. The zero-order valence-corrected chi connectivity index (χ0v) is 12.7. The van der Waals surface area contributed by atoms with Crippen molar-refractivity contribution in [1.82, 2.24) is 0 Å². The molecule has 7 nitrogen and oxygen atoms in total. The van der Waals surface area contributed by atoms with Gasteiger partial charge in [0.05, 0.1) is 9.92 Å². The molecule has 0 aromatic heterocycles. The molecule has 0 heterocycles. The van der Waals surface area contributed by atoms with Crippen molar-refractivity contribution in [2.24, 2.45) is 0 Å². The third kappa shape index (κ3) is 4.30. The number of hydrogen-bond donors (Lipinski definition) is 0. The standard InChI is InChI=1S/C8H6ClNO6S.Na/c9-7-2-8(17(14,15)16)5(3-10(12)13)1-6(7)4-11;/h1-2,4H,3H2,(H,14,15,16);/q;+1/p-1. The number of carbonyl (C=O) groups is 1. The molecular weight excluding hydrogens is 297 g/mol. The summed E-state index contributed by atoms with van der Waals surface area (Å²) in [6.45, 7) is -0.880. The van der Waals surface area contributed by atoms with Gasteiger partial charge in [0.2, 0.25) is 6.54 Å². The van der Waals surface area contributed by atoms with Crippen molar-refractivity contribution in [2.45, 2.75) is 11.4 Å². The monoisotopic (exact) mass is 301 g/mol. The Kier molecular flexibility index (Phi) is 6.41. The van der Waals surface area contributed by atoms with Crippen LogP contribution in [0.4, 0.5) is 0 Å². The van der Waals surface area contributed by atoms with Gasteiger partial charge >= 0.3 is 29.6 Å². The zero-order chi connectivity index (χ0) is 13.2. The first kappa shape index (κ1) is 17.5. The first-order chi connectivity index (χ1) is 7.75. The average molecular weight is 302 g/mol. The van der Waals surface area contributed by atoms with Gasteiger partial charge in [0, 0.05) is 16.1 Å². The number of aldehydes is 1. The van der Waals surface area contributed by atoms with E-state index in [4.69, 9.17) is 11.6 Å². The Hall–Kier alpha value is -0.510. The summed E-state index contributed by atoms with van der Waals surface area (Å²) in [6, 6.07) is 1.66. The number of rotatable bonds is 4. The molecule has 0 N–H and O–H groups in total. The van der Waals surface area contributed by atoms with Crippen LogP contribution in [-0.4, -0.2) is 24.2 Å². The number of nitro groups is 1. The Morgan fingerprint density at radius 1 is 1.39 bits per heavy atom. The minimum Gasteiger partial charge on any atom is -0.744 e. The maximum atomic E-state index is 10.9. The van der Waals surface area contributed by atoms with E-state index in [1.54, 1.807) is 0 Å². The number of carbonyl (C=O) groups excluding carboxylic acids is 1. The van der Waals surface area contributed by atoms with E-state index in [0.29, 0.717) is 6.29 Å². The first-order valence-electron chi connectivity index (χ1n) is 4.11. The molecule has 0 saturated heterocycles. The van der Waals surface area contributed by atoms with Crippen LogP contribution in [0.2, 0.25) is 5.02 Å². The van der Waals surface area contributed by atoms with Crippen molar-refractivity contribution in [3.05, 3.63) is 38.4 Å². The van der Waals surface area contributed by atoms with Gasteiger partial charge in [-0.05, 0) is 12.1 Å². The minimum atomic E-state index is -4.88. The van der Waals surface area contributed by atoms with Crippen molar-refractivity contribution >= 4 is 28.0 Å². The van der Waals surface area contributed by atoms with E-state index in [2.05, 4.69) is 0 Å². The van der Waals surface area contributed by atoms with Crippen LogP contribution in [0.15, 0.2) is 17.0 Å². The van der Waals surface area contributed by atoms with Crippen LogP contribution in [0.25, 0.3) is 0 Å². The summed E-state index contributed by atoms with van der Waals surface area (Å²) < 4.78 is 32.6. The van der Waals surface area contributed by atoms with Gasteiger partial charge in [0.1, 0.15) is 10.1 Å². The number of nitrogens with zero attached hydrogens (tertiary/aromatic N) is 1. The summed E-state index contributed by atoms with van der Waals surface area (Å²) in [5.74, 6) is 0. The zero-order valence-electron chi connectivity index (χ0n) is 9.12. The average Bonchev–Trinajstić information content (AvgIpc) is 2.17. The molecule has 0 amide bonds. The summed E-state index contributed by atoms with van der Waals surface area (Å²) in [4.78, 5) is 19.3. The number of halogens is 1. The van der Waals surface area contributed by atoms with Crippen LogP contribution in [-0.2, 0) is 16.7 Å². The molecule has 0 fully saturated rings. The fourth-order valence-corrected chi connectivity index (χ4v) is 2.18. The van der Waals surface area contributed by atoms with Gasteiger partial charge < -0.3 is 4.55 Å². The maximum absolute atomic E-state index is 10.9. The van der Waals surface area contributed by atoms with E-state index in [9.17, 15) is 27.9 Å². The molecule has 1 aromatic rings. The van der Waals surface area contributed by atoms with Crippen molar-refractivity contribution in [2.75, 3.05) is 0 Å².